The van der Waals surface area contributed by atoms with Gasteiger partial charge in [-0.3, -0.25) is 5.01 Å². The van der Waals surface area contributed by atoms with Crippen LogP contribution < -0.4 is 15.8 Å². The first-order chi connectivity index (χ1) is 14.1. The Morgan fingerprint density at radius 1 is 1.14 bits per heavy atom. The van der Waals surface area contributed by atoms with E-state index in [0.717, 1.165) is 40.4 Å². The van der Waals surface area contributed by atoms with Gasteiger partial charge in [-0.05, 0) is 66.6 Å². The first kappa shape index (κ1) is 18.9. The second kappa shape index (κ2) is 8.27. The zero-order valence-corrected chi connectivity index (χ0v) is 16.7. The molecule has 0 aliphatic carbocycles. The number of aromatic nitrogens is 4. The molecule has 29 heavy (non-hydrogen) atoms. The van der Waals surface area contributed by atoms with Gasteiger partial charge in [-0.2, -0.15) is 0 Å². The van der Waals surface area contributed by atoms with E-state index in [9.17, 15) is 0 Å². The number of hydrogen-bond acceptors (Lipinski definition) is 8. The predicted molar refractivity (Wildman–Crippen MR) is 109 cm³/mol. The molecule has 1 aromatic heterocycles. The van der Waals surface area contributed by atoms with Gasteiger partial charge >= 0.3 is 0 Å². The minimum absolute atomic E-state index is 0.261. The molecule has 2 N–H and O–H groups in total. The van der Waals surface area contributed by atoms with Crippen molar-refractivity contribution in [2.24, 2.45) is 5.10 Å². The third kappa shape index (κ3) is 4.19. The molecule has 2 heterocycles. The number of ether oxygens (including phenoxy) is 1. The van der Waals surface area contributed by atoms with Crippen molar-refractivity contribution < 1.29 is 4.74 Å². The molecule has 0 radical (unpaired) electrons. The molecule has 4 rings (SSSR count). The summed E-state index contributed by atoms with van der Waals surface area (Å²) in [6, 6.07) is 14.4. The van der Waals surface area contributed by atoms with E-state index in [4.69, 9.17) is 4.74 Å². The van der Waals surface area contributed by atoms with Crippen molar-refractivity contribution >= 4 is 5.84 Å². The van der Waals surface area contributed by atoms with Crippen molar-refractivity contribution in [1.29, 1.82) is 0 Å². The Labute approximate surface area is 169 Å². The Balaban J connectivity index is 1.47. The van der Waals surface area contributed by atoms with Gasteiger partial charge in [0.2, 0.25) is 0 Å². The SMILES string of the molecule is Cc1cc(OCCc2ccccc2-n2cnnn2)cc(C2=NNNN2C(C)C)c1. The Bertz CT molecular complexity index is 999. The first-order valence-electron chi connectivity index (χ1n) is 9.55. The fourth-order valence-electron chi connectivity index (χ4n) is 3.27. The number of amidine groups is 1. The van der Waals surface area contributed by atoms with Crippen LogP contribution in [-0.4, -0.2) is 43.7 Å². The summed E-state index contributed by atoms with van der Waals surface area (Å²) < 4.78 is 7.75. The number of nitrogens with zero attached hydrogens (tertiary/aromatic N) is 6. The Morgan fingerprint density at radius 3 is 2.79 bits per heavy atom. The van der Waals surface area contributed by atoms with Crippen LogP contribution in [0.1, 0.15) is 30.5 Å². The highest BCUT2D eigenvalue weighted by Crippen LogP contribution is 2.21. The quantitative estimate of drug-likeness (QED) is 0.635. The number of hydrazine groups is 2. The number of hydrazone groups is 1. The molecule has 0 fully saturated rings. The van der Waals surface area contributed by atoms with Gasteiger partial charge in [-0.25, -0.2) is 10.2 Å². The Morgan fingerprint density at radius 2 is 2.00 bits per heavy atom. The lowest BCUT2D eigenvalue weighted by Gasteiger charge is -2.23. The van der Waals surface area contributed by atoms with E-state index in [1.54, 1.807) is 11.0 Å². The molecule has 150 valence electrons. The third-order valence-corrected chi connectivity index (χ3v) is 4.61. The van der Waals surface area contributed by atoms with Gasteiger partial charge < -0.3 is 4.74 Å². The molecule has 2 aromatic carbocycles. The van der Waals surface area contributed by atoms with Crippen LogP contribution in [0.4, 0.5) is 0 Å². The smallest absolute Gasteiger partial charge is 0.173 e. The monoisotopic (exact) mass is 392 g/mol. The summed E-state index contributed by atoms with van der Waals surface area (Å²) in [5.74, 6) is 1.66. The summed E-state index contributed by atoms with van der Waals surface area (Å²) in [4.78, 5) is 0. The molecule has 0 bridgehead atoms. The molecule has 0 saturated carbocycles. The van der Waals surface area contributed by atoms with Gasteiger partial charge in [0.1, 0.15) is 12.1 Å². The molecule has 1 aliphatic rings. The van der Waals surface area contributed by atoms with Crippen LogP contribution in [0.15, 0.2) is 53.9 Å². The summed E-state index contributed by atoms with van der Waals surface area (Å²) in [7, 11) is 0. The topological polar surface area (TPSA) is 92.5 Å². The Hall–Kier alpha value is -3.46. The van der Waals surface area contributed by atoms with Crippen LogP contribution in [0, 0.1) is 6.92 Å². The Kier molecular flexibility index (Phi) is 5.39. The minimum Gasteiger partial charge on any atom is -0.493 e. The average Bonchev–Trinajstić information content (AvgIpc) is 3.40. The molecule has 3 aromatic rings. The third-order valence-electron chi connectivity index (χ3n) is 4.61. The standard InChI is InChI=1S/C20H24N8O/c1-14(2)28-20(22-24-26-28)17-10-15(3)11-18(12-17)29-9-8-16-6-4-5-7-19(16)27-13-21-23-25-27/h4-7,10-14,24,26H,8-9H2,1-3H3. The summed E-state index contributed by atoms with van der Waals surface area (Å²) >= 11 is 0. The normalized spacial score (nSPS) is 13.5. The fraction of sp³-hybridized carbons (Fsp3) is 0.300. The van der Waals surface area contributed by atoms with Gasteiger partial charge in [-0.15, -0.1) is 15.7 Å². The lowest BCUT2D eigenvalue weighted by atomic mass is 10.1. The molecule has 0 unspecified atom stereocenters. The molecule has 0 atom stereocenters. The number of benzene rings is 2. The van der Waals surface area contributed by atoms with Crippen LogP contribution in [0.3, 0.4) is 0 Å². The maximum Gasteiger partial charge on any atom is 0.173 e. The number of para-hydroxylation sites is 1. The van der Waals surface area contributed by atoms with Crippen LogP contribution in [0.25, 0.3) is 5.69 Å². The molecule has 0 amide bonds. The lowest BCUT2D eigenvalue weighted by molar-refractivity contribution is 0.246. The van der Waals surface area contributed by atoms with Crippen molar-refractivity contribution in [1.82, 2.24) is 36.3 Å². The van der Waals surface area contributed by atoms with Gasteiger partial charge in [0.15, 0.2) is 5.84 Å². The largest absolute Gasteiger partial charge is 0.493 e. The number of rotatable bonds is 7. The second-order valence-electron chi connectivity index (χ2n) is 7.14. The number of hydrogen-bond donors (Lipinski definition) is 2. The van der Waals surface area contributed by atoms with Crippen LogP contribution in [-0.2, 0) is 6.42 Å². The van der Waals surface area contributed by atoms with Gasteiger partial charge in [0.05, 0.1) is 12.3 Å². The van der Waals surface area contributed by atoms with E-state index in [1.165, 1.54) is 0 Å². The van der Waals surface area contributed by atoms with Gasteiger partial charge in [0.25, 0.3) is 0 Å². The van der Waals surface area contributed by atoms with Crippen molar-refractivity contribution in [3.63, 3.8) is 0 Å². The maximum atomic E-state index is 6.08. The minimum atomic E-state index is 0.261. The van der Waals surface area contributed by atoms with E-state index in [0.29, 0.717) is 6.61 Å². The van der Waals surface area contributed by atoms with E-state index in [-0.39, 0.29) is 6.04 Å². The zero-order valence-electron chi connectivity index (χ0n) is 16.7. The number of aryl methyl sites for hydroxylation is 1. The second-order valence-corrected chi connectivity index (χ2v) is 7.14. The molecular weight excluding hydrogens is 368 g/mol. The van der Waals surface area contributed by atoms with E-state index >= 15 is 0 Å². The lowest BCUT2D eigenvalue weighted by Crippen LogP contribution is -2.45. The maximum absolute atomic E-state index is 6.08. The summed E-state index contributed by atoms with van der Waals surface area (Å²) in [6.07, 6.45) is 2.33. The molecule has 0 saturated heterocycles. The number of tetrazole rings is 1. The van der Waals surface area contributed by atoms with Crippen molar-refractivity contribution in [2.45, 2.75) is 33.2 Å². The van der Waals surface area contributed by atoms with Crippen molar-refractivity contribution in [2.75, 3.05) is 6.61 Å². The van der Waals surface area contributed by atoms with E-state index < -0.39 is 0 Å². The fourth-order valence-corrected chi connectivity index (χ4v) is 3.27. The average molecular weight is 392 g/mol. The molecule has 9 nitrogen and oxygen atoms in total. The van der Waals surface area contributed by atoms with Gasteiger partial charge in [0, 0.05) is 18.0 Å². The highest BCUT2D eigenvalue weighted by Gasteiger charge is 2.22. The summed E-state index contributed by atoms with van der Waals surface area (Å²) in [6.45, 7) is 6.80. The van der Waals surface area contributed by atoms with Crippen molar-refractivity contribution in [3.8, 4) is 11.4 Å². The molecule has 9 heteroatoms. The highest BCUT2D eigenvalue weighted by atomic mass is 16.5. The zero-order chi connectivity index (χ0) is 20.2. The highest BCUT2D eigenvalue weighted by molar-refractivity contribution is 5.99. The molecule has 1 aliphatic heterocycles. The van der Waals surface area contributed by atoms with Crippen LogP contribution in [0.2, 0.25) is 0 Å². The van der Waals surface area contributed by atoms with Gasteiger partial charge in [-0.1, -0.05) is 18.2 Å². The van der Waals surface area contributed by atoms with Crippen LogP contribution >= 0.6 is 0 Å². The molecular formula is C20H24N8O. The molecule has 0 spiro atoms. The summed E-state index contributed by atoms with van der Waals surface area (Å²) in [5.41, 5.74) is 10.1. The number of nitrogens with one attached hydrogen (secondary N) is 2. The predicted octanol–water partition coefficient (Wildman–Crippen LogP) is 1.99. The summed E-state index contributed by atoms with van der Waals surface area (Å²) in [5, 5.41) is 17.8. The van der Waals surface area contributed by atoms with Crippen molar-refractivity contribution in [3.05, 3.63) is 65.5 Å². The van der Waals surface area contributed by atoms with E-state index in [1.807, 2.05) is 35.3 Å². The van der Waals surface area contributed by atoms with E-state index in [2.05, 4.69) is 64.6 Å². The van der Waals surface area contributed by atoms with Crippen LogP contribution in [0.5, 0.6) is 5.75 Å². The first-order valence-corrected chi connectivity index (χ1v) is 9.55.